The minimum atomic E-state index is -0.0416. The van der Waals surface area contributed by atoms with Crippen LogP contribution < -0.4 is 5.32 Å². The highest BCUT2D eigenvalue weighted by molar-refractivity contribution is 14.0. The number of carbonyl (C=O) groups is 1. The summed E-state index contributed by atoms with van der Waals surface area (Å²) in [7, 11) is 5.41. The standard InChI is InChI=1S/C24H30N6O.HI/c1-29(2)23(31)17-27-24(25-15-14-19-10-6-4-7-11-19)30(3)18-22-26-16-21(28-22)20-12-8-5-9-13-20;/h4-13,16H,14-15,17-18H2,1-3H3,(H,25,27)(H,26,28);1H. The number of nitrogens with one attached hydrogen (secondary N) is 2. The molecule has 2 aromatic carbocycles. The Morgan fingerprint density at radius 1 is 1.03 bits per heavy atom. The normalized spacial score (nSPS) is 10.9. The van der Waals surface area contributed by atoms with Crippen molar-refractivity contribution in [3.8, 4) is 11.3 Å². The van der Waals surface area contributed by atoms with Gasteiger partial charge in [0, 0.05) is 27.7 Å². The van der Waals surface area contributed by atoms with E-state index in [1.165, 1.54) is 5.56 Å². The van der Waals surface area contributed by atoms with E-state index < -0.39 is 0 Å². The van der Waals surface area contributed by atoms with E-state index >= 15 is 0 Å². The quantitative estimate of drug-likeness (QED) is 0.258. The number of aromatic amines is 1. The minimum absolute atomic E-state index is 0. The summed E-state index contributed by atoms with van der Waals surface area (Å²) in [5, 5.41) is 3.38. The van der Waals surface area contributed by atoms with Gasteiger partial charge in [-0.05, 0) is 17.5 Å². The summed E-state index contributed by atoms with van der Waals surface area (Å²) < 4.78 is 0. The summed E-state index contributed by atoms with van der Waals surface area (Å²) >= 11 is 0. The van der Waals surface area contributed by atoms with Gasteiger partial charge in [0.1, 0.15) is 12.4 Å². The molecular weight excluding hydrogens is 515 g/mol. The molecule has 0 atom stereocenters. The number of halogens is 1. The van der Waals surface area contributed by atoms with Crippen molar-refractivity contribution in [3.05, 3.63) is 78.2 Å². The Balaban J connectivity index is 0.00000363. The van der Waals surface area contributed by atoms with Gasteiger partial charge in [0.15, 0.2) is 5.96 Å². The van der Waals surface area contributed by atoms with Gasteiger partial charge in [0.25, 0.3) is 0 Å². The van der Waals surface area contributed by atoms with Crippen LogP contribution >= 0.6 is 24.0 Å². The van der Waals surface area contributed by atoms with E-state index in [1.54, 1.807) is 19.0 Å². The zero-order valence-electron chi connectivity index (χ0n) is 18.8. The highest BCUT2D eigenvalue weighted by Gasteiger charge is 2.12. The van der Waals surface area contributed by atoms with E-state index in [1.807, 2.05) is 66.7 Å². The van der Waals surface area contributed by atoms with Crippen LogP contribution in [0.2, 0.25) is 0 Å². The molecule has 0 radical (unpaired) electrons. The molecule has 1 heterocycles. The van der Waals surface area contributed by atoms with Crippen LogP contribution in [-0.4, -0.2) is 65.9 Å². The summed E-state index contributed by atoms with van der Waals surface area (Å²) in [5.41, 5.74) is 3.32. The largest absolute Gasteiger partial charge is 0.356 e. The molecule has 8 heteroatoms. The van der Waals surface area contributed by atoms with Crippen LogP contribution in [0.3, 0.4) is 0 Å². The van der Waals surface area contributed by atoms with Crippen molar-refractivity contribution < 1.29 is 4.79 Å². The van der Waals surface area contributed by atoms with Gasteiger partial charge in [0.05, 0.1) is 18.4 Å². The van der Waals surface area contributed by atoms with Crippen molar-refractivity contribution in [2.45, 2.75) is 13.0 Å². The van der Waals surface area contributed by atoms with E-state index in [-0.39, 0.29) is 36.4 Å². The zero-order chi connectivity index (χ0) is 22.1. The Morgan fingerprint density at radius 3 is 2.34 bits per heavy atom. The Bertz CT molecular complexity index is 988. The molecular formula is C24H31IN6O. The number of carbonyl (C=O) groups excluding carboxylic acids is 1. The highest BCUT2D eigenvalue weighted by Crippen LogP contribution is 2.16. The first-order chi connectivity index (χ1) is 15.0. The second kappa shape index (κ2) is 12.8. The van der Waals surface area contributed by atoms with Crippen molar-refractivity contribution in [1.82, 2.24) is 25.1 Å². The lowest BCUT2D eigenvalue weighted by molar-refractivity contribution is -0.127. The number of guanidine groups is 1. The molecule has 1 aromatic heterocycles. The summed E-state index contributed by atoms with van der Waals surface area (Å²) in [6.07, 6.45) is 2.71. The number of rotatable bonds is 8. The lowest BCUT2D eigenvalue weighted by Gasteiger charge is -2.22. The third-order valence-electron chi connectivity index (χ3n) is 4.86. The number of H-pyrrole nitrogens is 1. The number of aliphatic imine (C=N–C) groups is 1. The molecule has 0 fully saturated rings. The molecule has 3 aromatic rings. The summed E-state index contributed by atoms with van der Waals surface area (Å²) in [6, 6.07) is 20.4. The smallest absolute Gasteiger partial charge is 0.243 e. The second-order valence-corrected chi connectivity index (χ2v) is 7.56. The number of likely N-dealkylation sites (N-methyl/N-ethyl adjacent to an activating group) is 1. The molecule has 0 saturated carbocycles. The molecule has 0 bridgehead atoms. The third-order valence-corrected chi connectivity index (χ3v) is 4.86. The molecule has 7 nitrogen and oxygen atoms in total. The van der Waals surface area contributed by atoms with Crippen LogP contribution in [0, 0.1) is 0 Å². The Kier molecular flexibility index (Phi) is 10.2. The predicted octanol–water partition coefficient (Wildman–Crippen LogP) is 3.40. The number of amides is 1. The van der Waals surface area contributed by atoms with E-state index in [2.05, 4.69) is 32.4 Å². The molecule has 0 spiro atoms. The average molecular weight is 546 g/mol. The molecule has 0 unspecified atom stereocenters. The maximum Gasteiger partial charge on any atom is 0.243 e. The number of imidazole rings is 1. The van der Waals surface area contributed by atoms with E-state index in [0.717, 1.165) is 30.0 Å². The first-order valence-corrected chi connectivity index (χ1v) is 10.4. The van der Waals surface area contributed by atoms with Gasteiger partial charge in [-0.3, -0.25) is 4.79 Å². The maximum absolute atomic E-state index is 12.0. The molecule has 0 aliphatic carbocycles. The topological polar surface area (TPSA) is 76.6 Å². The van der Waals surface area contributed by atoms with E-state index in [0.29, 0.717) is 12.5 Å². The summed E-state index contributed by atoms with van der Waals surface area (Å²) in [4.78, 5) is 28.0. The lowest BCUT2D eigenvalue weighted by atomic mass is 10.1. The number of benzene rings is 2. The van der Waals surface area contributed by atoms with Crippen molar-refractivity contribution >= 4 is 35.8 Å². The number of aromatic nitrogens is 2. The molecule has 2 N–H and O–H groups in total. The first-order valence-electron chi connectivity index (χ1n) is 10.4. The van der Waals surface area contributed by atoms with Crippen LogP contribution in [-0.2, 0) is 17.8 Å². The molecule has 0 aliphatic heterocycles. The van der Waals surface area contributed by atoms with Crippen molar-refractivity contribution in [2.75, 3.05) is 34.2 Å². The minimum Gasteiger partial charge on any atom is -0.356 e. The van der Waals surface area contributed by atoms with Gasteiger partial charge < -0.3 is 20.1 Å². The van der Waals surface area contributed by atoms with Crippen LogP contribution in [0.1, 0.15) is 11.4 Å². The fraction of sp³-hybridized carbons (Fsp3) is 0.292. The van der Waals surface area contributed by atoms with E-state index in [4.69, 9.17) is 0 Å². The number of hydrogen-bond acceptors (Lipinski definition) is 3. The molecule has 3 rings (SSSR count). The fourth-order valence-corrected chi connectivity index (χ4v) is 3.07. The SMILES string of the molecule is CN(C)C(=O)CN=C(NCCc1ccccc1)N(C)Cc1ncc(-c2ccccc2)[nH]1.I. The molecule has 0 aliphatic rings. The van der Waals surface area contributed by atoms with Crippen LogP contribution in [0.15, 0.2) is 71.9 Å². The van der Waals surface area contributed by atoms with Gasteiger partial charge in [-0.25, -0.2) is 9.98 Å². The Labute approximate surface area is 207 Å². The summed E-state index contributed by atoms with van der Waals surface area (Å²) in [5.74, 6) is 1.46. The number of hydrogen-bond donors (Lipinski definition) is 2. The molecule has 32 heavy (non-hydrogen) atoms. The maximum atomic E-state index is 12.0. The second-order valence-electron chi connectivity index (χ2n) is 7.56. The van der Waals surface area contributed by atoms with Gasteiger partial charge in [-0.15, -0.1) is 24.0 Å². The van der Waals surface area contributed by atoms with Crippen LogP contribution in [0.25, 0.3) is 11.3 Å². The predicted molar refractivity (Wildman–Crippen MR) is 140 cm³/mol. The van der Waals surface area contributed by atoms with E-state index in [9.17, 15) is 4.79 Å². The van der Waals surface area contributed by atoms with Gasteiger partial charge in [-0.2, -0.15) is 0 Å². The molecule has 170 valence electrons. The highest BCUT2D eigenvalue weighted by atomic mass is 127. The van der Waals surface area contributed by atoms with Crippen LogP contribution in [0.4, 0.5) is 0 Å². The molecule has 0 saturated heterocycles. The number of nitrogens with zero attached hydrogens (tertiary/aromatic N) is 4. The van der Waals surface area contributed by atoms with Crippen molar-refractivity contribution in [3.63, 3.8) is 0 Å². The zero-order valence-corrected chi connectivity index (χ0v) is 21.1. The van der Waals surface area contributed by atoms with Gasteiger partial charge >= 0.3 is 0 Å². The fourth-order valence-electron chi connectivity index (χ4n) is 3.07. The van der Waals surface area contributed by atoms with Gasteiger partial charge in [-0.1, -0.05) is 60.7 Å². The Hall–Kier alpha value is -2.88. The molecule has 1 amide bonds. The lowest BCUT2D eigenvalue weighted by Crippen LogP contribution is -2.40. The average Bonchev–Trinajstić information content (AvgIpc) is 3.25. The van der Waals surface area contributed by atoms with Crippen LogP contribution in [0.5, 0.6) is 0 Å². The Morgan fingerprint density at radius 2 is 1.69 bits per heavy atom. The van der Waals surface area contributed by atoms with Crippen molar-refractivity contribution in [1.29, 1.82) is 0 Å². The summed E-state index contributed by atoms with van der Waals surface area (Å²) in [6.45, 7) is 1.36. The monoisotopic (exact) mass is 546 g/mol. The van der Waals surface area contributed by atoms with Gasteiger partial charge in [0.2, 0.25) is 5.91 Å². The third kappa shape index (κ3) is 7.67. The first kappa shape index (κ1) is 25.4. The van der Waals surface area contributed by atoms with Crippen molar-refractivity contribution in [2.24, 2.45) is 4.99 Å².